The van der Waals surface area contributed by atoms with E-state index in [4.69, 9.17) is 11.6 Å². The number of hydrogen-bond donors (Lipinski definition) is 2. The molecule has 144 valence electrons. The van der Waals surface area contributed by atoms with Crippen molar-refractivity contribution in [3.05, 3.63) is 91.6 Å². The summed E-state index contributed by atoms with van der Waals surface area (Å²) in [7, 11) is 0. The Hall–Kier alpha value is -3.12. The van der Waals surface area contributed by atoms with Crippen LogP contribution in [0.2, 0.25) is 5.02 Å². The summed E-state index contributed by atoms with van der Waals surface area (Å²) in [5.74, 6) is -0.447. The summed E-state index contributed by atoms with van der Waals surface area (Å²) in [6.45, 7) is 3.75. The SMILES string of the molecule is CCC(=NC(C)c1ccccc1)c1c(O)n(-c2ccc(Cl)cc2)c(=O)[nH]c1=O. The van der Waals surface area contributed by atoms with Crippen LogP contribution in [0.25, 0.3) is 5.69 Å². The van der Waals surface area contributed by atoms with Gasteiger partial charge in [-0.3, -0.25) is 14.8 Å². The first-order valence-corrected chi connectivity index (χ1v) is 9.26. The maximum atomic E-state index is 12.5. The third-order valence-corrected chi connectivity index (χ3v) is 4.68. The maximum Gasteiger partial charge on any atom is 0.335 e. The van der Waals surface area contributed by atoms with Gasteiger partial charge >= 0.3 is 5.69 Å². The summed E-state index contributed by atoms with van der Waals surface area (Å²) in [6.07, 6.45) is 0.409. The van der Waals surface area contributed by atoms with Crippen LogP contribution in [0.15, 0.2) is 69.2 Å². The highest BCUT2D eigenvalue weighted by Crippen LogP contribution is 2.23. The van der Waals surface area contributed by atoms with Crippen molar-refractivity contribution in [1.29, 1.82) is 0 Å². The van der Waals surface area contributed by atoms with Crippen LogP contribution in [0, 0.1) is 0 Å². The molecule has 0 amide bonds. The van der Waals surface area contributed by atoms with Crippen molar-refractivity contribution in [2.75, 3.05) is 0 Å². The number of nitrogens with one attached hydrogen (secondary N) is 1. The van der Waals surface area contributed by atoms with Crippen molar-refractivity contribution in [2.45, 2.75) is 26.3 Å². The van der Waals surface area contributed by atoms with Gasteiger partial charge in [0.1, 0.15) is 5.56 Å². The van der Waals surface area contributed by atoms with E-state index < -0.39 is 17.1 Å². The third-order valence-electron chi connectivity index (χ3n) is 4.43. The summed E-state index contributed by atoms with van der Waals surface area (Å²) in [5.41, 5.74) is 0.359. The second-order valence-corrected chi connectivity index (χ2v) is 6.72. The molecule has 0 saturated heterocycles. The Labute approximate surface area is 166 Å². The number of rotatable bonds is 5. The number of aliphatic imine (C=N–C) groups is 1. The van der Waals surface area contributed by atoms with Crippen molar-refractivity contribution in [3.8, 4) is 11.6 Å². The Morgan fingerprint density at radius 1 is 1.14 bits per heavy atom. The normalized spacial score (nSPS) is 12.8. The number of aromatic nitrogens is 2. The number of nitrogens with zero attached hydrogens (tertiary/aromatic N) is 2. The van der Waals surface area contributed by atoms with E-state index in [0.29, 0.717) is 22.8 Å². The average molecular weight is 398 g/mol. The molecule has 0 radical (unpaired) electrons. The highest BCUT2D eigenvalue weighted by atomic mass is 35.5. The molecule has 0 aliphatic rings. The highest BCUT2D eigenvalue weighted by Gasteiger charge is 2.20. The van der Waals surface area contributed by atoms with Crippen LogP contribution in [0.4, 0.5) is 0 Å². The van der Waals surface area contributed by atoms with Gasteiger partial charge in [-0.05, 0) is 43.2 Å². The first kappa shape index (κ1) is 19.6. The molecule has 1 aromatic heterocycles. The fraction of sp³-hybridized carbons (Fsp3) is 0.190. The average Bonchev–Trinajstić information content (AvgIpc) is 2.68. The van der Waals surface area contributed by atoms with Gasteiger partial charge in [-0.15, -0.1) is 0 Å². The summed E-state index contributed by atoms with van der Waals surface area (Å²) in [5, 5.41) is 11.3. The standard InChI is InChI=1S/C21H20ClN3O3/c1-3-17(23-13(2)14-7-5-4-6-8-14)18-19(26)24-21(28)25(20(18)27)16-11-9-15(22)10-12-16/h4-13,27H,3H2,1-2H3,(H,24,26,28). The number of H-pyrrole nitrogens is 1. The number of benzene rings is 2. The van der Waals surface area contributed by atoms with Crippen LogP contribution in [-0.4, -0.2) is 20.4 Å². The lowest BCUT2D eigenvalue weighted by Gasteiger charge is -2.14. The molecular weight excluding hydrogens is 378 g/mol. The van der Waals surface area contributed by atoms with Gasteiger partial charge < -0.3 is 5.11 Å². The van der Waals surface area contributed by atoms with Gasteiger partial charge in [-0.2, -0.15) is 0 Å². The van der Waals surface area contributed by atoms with Crippen LogP contribution in [0.5, 0.6) is 5.88 Å². The van der Waals surface area contributed by atoms with Crippen LogP contribution in [0.1, 0.15) is 37.4 Å². The Morgan fingerprint density at radius 2 is 1.79 bits per heavy atom. The monoisotopic (exact) mass is 397 g/mol. The zero-order chi connectivity index (χ0) is 20.3. The predicted molar refractivity (Wildman–Crippen MR) is 111 cm³/mol. The quantitative estimate of drug-likeness (QED) is 0.641. The van der Waals surface area contributed by atoms with Crippen molar-refractivity contribution < 1.29 is 5.11 Å². The fourth-order valence-corrected chi connectivity index (χ4v) is 3.11. The summed E-state index contributed by atoms with van der Waals surface area (Å²) in [6, 6.07) is 15.8. The minimum Gasteiger partial charge on any atom is -0.493 e. The fourth-order valence-electron chi connectivity index (χ4n) is 2.99. The van der Waals surface area contributed by atoms with Gasteiger partial charge in [0.05, 0.1) is 17.4 Å². The van der Waals surface area contributed by atoms with E-state index in [1.807, 2.05) is 44.2 Å². The molecule has 0 aliphatic heterocycles. The van der Waals surface area contributed by atoms with Gasteiger partial charge in [0, 0.05) is 5.02 Å². The molecule has 2 aromatic carbocycles. The molecule has 0 aliphatic carbocycles. The molecule has 7 heteroatoms. The molecular formula is C21H20ClN3O3. The summed E-state index contributed by atoms with van der Waals surface area (Å²) >= 11 is 5.90. The molecule has 0 saturated carbocycles. The molecule has 0 bridgehead atoms. The second-order valence-electron chi connectivity index (χ2n) is 6.29. The van der Waals surface area contributed by atoms with Crippen LogP contribution in [0.3, 0.4) is 0 Å². The largest absolute Gasteiger partial charge is 0.493 e. The Bertz CT molecular complexity index is 1120. The molecule has 1 unspecified atom stereocenters. The Kier molecular flexibility index (Phi) is 5.80. The second kappa shape index (κ2) is 8.27. The van der Waals surface area contributed by atoms with Gasteiger partial charge in [0.2, 0.25) is 5.88 Å². The number of halogens is 1. The van der Waals surface area contributed by atoms with Gasteiger partial charge in [0.15, 0.2) is 0 Å². The molecule has 1 atom stereocenters. The molecule has 6 nitrogen and oxygen atoms in total. The van der Waals surface area contributed by atoms with Crippen molar-refractivity contribution in [1.82, 2.24) is 9.55 Å². The molecule has 0 fully saturated rings. The first-order valence-electron chi connectivity index (χ1n) is 8.88. The van der Waals surface area contributed by atoms with E-state index in [1.165, 1.54) is 0 Å². The van der Waals surface area contributed by atoms with E-state index in [0.717, 1.165) is 10.1 Å². The van der Waals surface area contributed by atoms with Crippen molar-refractivity contribution in [2.24, 2.45) is 4.99 Å². The minimum absolute atomic E-state index is 0.0140. The van der Waals surface area contributed by atoms with E-state index in [-0.39, 0.29) is 11.6 Å². The van der Waals surface area contributed by atoms with E-state index >= 15 is 0 Å². The lowest BCUT2D eigenvalue weighted by Crippen LogP contribution is -2.33. The van der Waals surface area contributed by atoms with Gasteiger partial charge in [-0.1, -0.05) is 48.9 Å². The topological polar surface area (TPSA) is 87.4 Å². The van der Waals surface area contributed by atoms with E-state index in [2.05, 4.69) is 9.98 Å². The van der Waals surface area contributed by atoms with Gasteiger partial charge in [-0.25, -0.2) is 9.36 Å². The molecule has 3 rings (SSSR count). The van der Waals surface area contributed by atoms with Crippen molar-refractivity contribution in [3.63, 3.8) is 0 Å². The number of aromatic hydroxyl groups is 1. The third kappa shape index (κ3) is 3.92. The minimum atomic E-state index is -0.736. The van der Waals surface area contributed by atoms with E-state index in [9.17, 15) is 14.7 Å². The van der Waals surface area contributed by atoms with Crippen LogP contribution < -0.4 is 11.2 Å². The lowest BCUT2D eigenvalue weighted by atomic mass is 10.1. The van der Waals surface area contributed by atoms with E-state index in [1.54, 1.807) is 24.3 Å². The maximum absolute atomic E-state index is 12.5. The molecule has 2 N–H and O–H groups in total. The number of aromatic amines is 1. The highest BCUT2D eigenvalue weighted by molar-refractivity contribution is 6.30. The van der Waals surface area contributed by atoms with Crippen LogP contribution in [-0.2, 0) is 0 Å². The van der Waals surface area contributed by atoms with Crippen molar-refractivity contribution >= 4 is 17.3 Å². The molecule has 3 aromatic rings. The molecule has 1 heterocycles. The smallest absolute Gasteiger partial charge is 0.335 e. The van der Waals surface area contributed by atoms with Crippen LogP contribution >= 0.6 is 11.6 Å². The first-order chi connectivity index (χ1) is 13.4. The zero-order valence-corrected chi connectivity index (χ0v) is 16.3. The lowest BCUT2D eigenvalue weighted by molar-refractivity contribution is 0.429. The Morgan fingerprint density at radius 3 is 2.39 bits per heavy atom. The molecule has 28 heavy (non-hydrogen) atoms. The molecule has 0 spiro atoms. The summed E-state index contributed by atoms with van der Waals surface area (Å²) < 4.78 is 1.03. The summed E-state index contributed by atoms with van der Waals surface area (Å²) in [4.78, 5) is 31.7. The zero-order valence-electron chi connectivity index (χ0n) is 15.5. The van der Waals surface area contributed by atoms with Gasteiger partial charge in [0.25, 0.3) is 5.56 Å². The predicted octanol–water partition coefficient (Wildman–Crippen LogP) is 3.85. The Balaban J connectivity index is 2.16. The number of hydrogen-bond acceptors (Lipinski definition) is 4.